The average molecular weight is 523 g/mol. The van der Waals surface area contributed by atoms with Gasteiger partial charge >= 0.3 is 0 Å². The molecule has 182 valence electrons. The number of rotatable bonds is 4. The third-order valence-electron chi connectivity index (χ3n) is 5.70. The number of furan rings is 2. The third-order valence-corrected chi connectivity index (χ3v) is 7.53. The van der Waals surface area contributed by atoms with Gasteiger partial charge in [0.2, 0.25) is 5.78 Å². The average Bonchev–Trinajstić information content (AvgIpc) is 3.65. The second-order valence-corrected chi connectivity index (χ2v) is 9.70. The number of benzene rings is 1. The van der Waals surface area contributed by atoms with Crippen LogP contribution in [0.3, 0.4) is 0 Å². The lowest BCUT2D eigenvalue weighted by Crippen LogP contribution is -2.16. The van der Waals surface area contributed by atoms with Crippen LogP contribution in [0.4, 0.5) is 0 Å². The van der Waals surface area contributed by atoms with Crippen molar-refractivity contribution in [3.63, 3.8) is 0 Å². The summed E-state index contributed by atoms with van der Waals surface area (Å²) in [6, 6.07) is 6.64. The SMILES string of the molecule is CC(=O)c1cc2c(o1)C(=O)c1sccc1C2=O.COc1c2cc(C(C)=O)oc2c(OC)c2sccc12. The largest absolute Gasteiger partial charge is 0.495 e. The number of hydrogen-bond donors (Lipinski definition) is 0. The van der Waals surface area contributed by atoms with E-state index in [0.29, 0.717) is 33.3 Å². The molecular formula is C26H18O8S2. The van der Waals surface area contributed by atoms with Gasteiger partial charge in [0.1, 0.15) is 5.75 Å². The maximum absolute atomic E-state index is 12.0. The maximum Gasteiger partial charge on any atom is 0.239 e. The van der Waals surface area contributed by atoms with Gasteiger partial charge in [0.15, 0.2) is 46.0 Å². The van der Waals surface area contributed by atoms with Gasteiger partial charge in [0, 0.05) is 24.8 Å². The number of hydrogen-bond acceptors (Lipinski definition) is 10. The van der Waals surface area contributed by atoms with E-state index in [4.69, 9.17) is 18.3 Å². The molecule has 0 unspecified atom stereocenters. The van der Waals surface area contributed by atoms with Crippen LogP contribution in [0, 0.1) is 0 Å². The molecule has 36 heavy (non-hydrogen) atoms. The normalized spacial score (nSPS) is 12.2. The van der Waals surface area contributed by atoms with Gasteiger partial charge in [-0.15, -0.1) is 22.7 Å². The highest BCUT2D eigenvalue weighted by atomic mass is 32.1. The molecule has 5 aromatic rings. The third kappa shape index (κ3) is 3.57. The summed E-state index contributed by atoms with van der Waals surface area (Å²) in [5, 5.41) is 5.39. The smallest absolute Gasteiger partial charge is 0.239 e. The molecule has 1 aliphatic rings. The van der Waals surface area contributed by atoms with Gasteiger partial charge in [0.25, 0.3) is 0 Å². The van der Waals surface area contributed by atoms with E-state index in [0.717, 1.165) is 15.5 Å². The Kier molecular flexibility index (Phi) is 5.85. The molecule has 6 rings (SSSR count). The van der Waals surface area contributed by atoms with Gasteiger partial charge < -0.3 is 18.3 Å². The molecule has 10 heteroatoms. The van der Waals surface area contributed by atoms with E-state index >= 15 is 0 Å². The Balaban J connectivity index is 0.000000149. The van der Waals surface area contributed by atoms with Gasteiger partial charge in [-0.25, -0.2) is 0 Å². The van der Waals surface area contributed by atoms with Crippen LogP contribution in [0.1, 0.15) is 66.3 Å². The molecule has 0 fully saturated rings. The quantitative estimate of drug-likeness (QED) is 0.252. The fourth-order valence-electron chi connectivity index (χ4n) is 4.03. The van der Waals surface area contributed by atoms with Crippen molar-refractivity contribution in [1.82, 2.24) is 0 Å². The van der Waals surface area contributed by atoms with Gasteiger partial charge in [0.05, 0.1) is 34.7 Å². The minimum Gasteiger partial charge on any atom is -0.495 e. The van der Waals surface area contributed by atoms with Crippen LogP contribution in [0.2, 0.25) is 0 Å². The van der Waals surface area contributed by atoms with Crippen molar-refractivity contribution in [2.75, 3.05) is 14.2 Å². The lowest BCUT2D eigenvalue weighted by Gasteiger charge is -2.07. The van der Waals surface area contributed by atoms with E-state index in [2.05, 4.69) is 0 Å². The fraction of sp³-hybridized carbons (Fsp3) is 0.154. The van der Waals surface area contributed by atoms with Crippen LogP contribution < -0.4 is 9.47 Å². The zero-order valence-corrected chi connectivity index (χ0v) is 21.2. The van der Waals surface area contributed by atoms with E-state index in [1.54, 1.807) is 43.1 Å². The van der Waals surface area contributed by atoms with Crippen LogP contribution in [-0.2, 0) is 0 Å². The monoisotopic (exact) mass is 522 g/mol. The number of Topliss-reactive ketones (excluding diaryl/α,β-unsaturated/α-hetero) is 2. The fourth-order valence-corrected chi connectivity index (χ4v) is 5.77. The summed E-state index contributed by atoms with van der Waals surface area (Å²) in [7, 11) is 3.20. The lowest BCUT2D eigenvalue weighted by atomic mass is 9.95. The molecule has 4 aromatic heterocycles. The highest BCUT2D eigenvalue weighted by molar-refractivity contribution is 7.17. The number of fused-ring (bicyclic) bond motifs is 4. The summed E-state index contributed by atoms with van der Waals surface area (Å²) in [4.78, 5) is 47.1. The lowest BCUT2D eigenvalue weighted by molar-refractivity contribution is 0.0949. The van der Waals surface area contributed by atoms with Crippen LogP contribution in [0.15, 0.2) is 43.9 Å². The molecule has 1 aliphatic carbocycles. The predicted octanol–water partition coefficient (Wildman–Crippen LogP) is 6.19. The number of methoxy groups -OCH3 is 2. The summed E-state index contributed by atoms with van der Waals surface area (Å²) in [5.41, 5.74) is 1.13. The minimum atomic E-state index is -0.322. The number of carbonyl (C=O) groups excluding carboxylic acids is 4. The van der Waals surface area contributed by atoms with Crippen molar-refractivity contribution in [2.24, 2.45) is 0 Å². The molecule has 0 radical (unpaired) electrons. The van der Waals surface area contributed by atoms with Crippen molar-refractivity contribution in [3.05, 3.63) is 68.3 Å². The van der Waals surface area contributed by atoms with Crippen molar-refractivity contribution >= 4 is 66.9 Å². The Morgan fingerprint density at radius 1 is 0.778 bits per heavy atom. The van der Waals surface area contributed by atoms with Crippen LogP contribution in [0.5, 0.6) is 11.5 Å². The van der Waals surface area contributed by atoms with Crippen LogP contribution in [-0.4, -0.2) is 37.4 Å². The predicted molar refractivity (Wildman–Crippen MR) is 135 cm³/mol. The van der Waals surface area contributed by atoms with Crippen molar-refractivity contribution in [2.45, 2.75) is 13.8 Å². The molecule has 0 saturated heterocycles. The van der Waals surface area contributed by atoms with E-state index < -0.39 is 0 Å². The number of carbonyl (C=O) groups is 4. The van der Waals surface area contributed by atoms with Gasteiger partial charge in [-0.3, -0.25) is 19.2 Å². The molecule has 8 nitrogen and oxygen atoms in total. The van der Waals surface area contributed by atoms with E-state index in [-0.39, 0.29) is 40.2 Å². The number of ether oxygens (including phenoxy) is 2. The summed E-state index contributed by atoms with van der Waals surface area (Å²) < 4.78 is 22.7. The van der Waals surface area contributed by atoms with Crippen molar-refractivity contribution in [3.8, 4) is 11.5 Å². The zero-order valence-electron chi connectivity index (χ0n) is 19.5. The Labute approximate surface area is 212 Å². The van der Waals surface area contributed by atoms with E-state index in [9.17, 15) is 19.2 Å². The summed E-state index contributed by atoms with van der Waals surface area (Å²) in [6.45, 7) is 2.80. The van der Waals surface area contributed by atoms with Crippen LogP contribution in [0.25, 0.3) is 21.1 Å². The standard InChI is InChI=1S/C14H12O4S.C12H6O4S/c1-7(15)10-6-9-11(16-2)8-4-5-19-14(8)13(17-3)12(9)18-10;1-5(13)8-4-7-9(14)6-2-3-17-12(6)10(15)11(7)16-8/h4-6H,1-3H3;2-4H,1H3. The van der Waals surface area contributed by atoms with Gasteiger partial charge in [-0.2, -0.15) is 0 Å². The topological polar surface area (TPSA) is 113 Å². The first-order chi connectivity index (χ1) is 17.3. The molecular weight excluding hydrogens is 504 g/mol. The highest BCUT2D eigenvalue weighted by Crippen LogP contribution is 2.46. The van der Waals surface area contributed by atoms with Crippen molar-refractivity contribution in [1.29, 1.82) is 0 Å². The molecule has 1 aromatic carbocycles. The summed E-state index contributed by atoms with van der Waals surface area (Å²) in [5.74, 6) is 0.694. The molecule has 0 saturated carbocycles. The first kappa shape index (κ1) is 23.7. The Bertz CT molecular complexity index is 1600. The minimum absolute atomic E-state index is 0.0184. The van der Waals surface area contributed by atoms with Gasteiger partial charge in [-0.05, 0) is 35.0 Å². The molecule has 0 N–H and O–H groups in total. The Morgan fingerprint density at radius 2 is 1.44 bits per heavy atom. The molecule has 0 aliphatic heterocycles. The van der Waals surface area contributed by atoms with Crippen LogP contribution >= 0.6 is 22.7 Å². The first-order valence-corrected chi connectivity index (χ1v) is 12.4. The molecule has 4 heterocycles. The maximum atomic E-state index is 12.0. The van der Waals surface area contributed by atoms with Crippen molar-refractivity contribution < 1.29 is 37.5 Å². The molecule has 0 atom stereocenters. The number of ketones is 4. The summed E-state index contributed by atoms with van der Waals surface area (Å²) in [6.07, 6.45) is 0. The second-order valence-electron chi connectivity index (χ2n) is 7.87. The first-order valence-electron chi connectivity index (χ1n) is 10.6. The second kappa shape index (κ2) is 8.89. The molecule has 0 bridgehead atoms. The van der Waals surface area contributed by atoms with E-state index in [1.165, 1.54) is 31.3 Å². The van der Waals surface area contributed by atoms with Gasteiger partial charge in [-0.1, -0.05) is 0 Å². The molecule has 0 spiro atoms. The van der Waals surface area contributed by atoms with E-state index in [1.807, 2.05) is 11.4 Å². The Hall–Kier alpha value is -4.02. The molecule has 0 amide bonds. The Morgan fingerprint density at radius 3 is 2.11 bits per heavy atom. The summed E-state index contributed by atoms with van der Waals surface area (Å²) >= 11 is 2.75. The number of thiophene rings is 2. The zero-order chi connectivity index (χ0) is 25.7. The highest BCUT2D eigenvalue weighted by Gasteiger charge is 2.35.